The number of sulfonamides is 1. The number of anilines is 1. The first kappa shape index (κ1) is 15.9. The minimum atomic E-state index is -3.68. The smallest absolute Gasteiger partial charge is 0.261 e. The van der Waals surface area contributed by atoms with Crippen molar-refractivity contribution in [2.75, 3.05) is 11.3 Å². The lowest BCUT2D eigenvalue weighted by Crippen LogP contribution is -2.12. The Balaban J connectivity index is 2.23. The summed E-state index contributed by atoms with van der Waals surface area (Å²) in [7, 11) is -3.68. The van der Waals surface area contributed by atoms with Crippen LogP contribution < -0.4 is 9.46 Å². The molecule has 21 heavy (non-hydrogen) atoms. The van der Waals surface area contributed by atoms with Gasteiger partial charge < -0.3 is 4.74 Å². The van der Waals surface area contributed by atoms with E-state index in [9.17, 15) is 8.42 Å². The Morgan fingerprint density at radius 1 is 1.05 bits per heavy atom. The standard InChI is InChI=1S/C14H13Cl2NO3S/c1-2-20-11-4-6-12(7-5-11)21(18,19)17-10-3-8-13(15)14(16)9-10/h3-9,17H,2H2,1H3. The molecule has 112 valence electrons. The first-order valence-corrected chi connectivity index (χ1v) is 8.37. The number of ether oxygens (including phenoxy) is 1. The second-order valence-corrected chi connectivity index (χ2v) is 6.64. The number of benzene rings is 2. The molecule has 0 unspecified atom stereocenters. The molecule has 0 saturated heterocycles. The van der Waals surface area contributed by atoms with E-state index in [-0.39, 0.29) is 9.92 Å². The molecule has 0 aliphatic carbocycles. The SMILES string of the molecule is CCOc1ccc(S(=O)(=O)Nc2ccc(Cl)c(Cl)c2)cc1. The van der Waals surface area contributed by atoms with Crippen molar-refractivity contribution in [1.29, 1.82) is 0 Å². The Morgan fingerprint density at radius 2 is 1.71 bits per heavy atom. The number of rotatable bonds is 5. The van der Waals surface area contributed by atoms with E-state index in [0.29, 0.717) is 23.1 Å². The minimum absolute atomic E-state index is 0.136. The van der Waals surface area contributed by atoms with E-state index in [1.54, 1.807) is 18.2 Å². The summed E-state index contributed by atoms with van der Waals surface area (Å²) in [5.74, 6) is 0.617. The van der Waals surface area contributed by atoms with E-state index in [0.717, 1.165) is 0 Å². The van der Waals surface area contributed by atoms with Gasteiger partial charge in [0.15, 0.2) is 0 Å². The summed E-state index contributed by atoms with van der Waals surface area (Å²) in [6.07, 6.45) is 0. The summed E-state index contributed by atoms with van der Waals surface area (Å²) in [4.78, 5) is 0.136. The molecule has 0 amide bonds. The minimum Gasteiger partial charge on any atom is -0.494 e. The van der Waals surface area contributed by atoms with Gasteiger partial charge in [0.1, 0.15) is 5.75 Å². The maximum absolute atomic E-state index is 12.2. The van der Waals surface area contributed by atoms with Gasteiger partial charge in [-0.15, -0.1) is 0 Å². The van der Waals surface area contributed by atoms with Crippen LogP contribution in [0.4, 0.5) is 5.69 Å². The fourth-order valence-corrected chi connectivity index (χ4v) is 3.00. The zero-order chi connectivity index (χ0) is 15.5. The van der Waals surface area contributed by atoms with Crippen LogP contribution in [0.2, 0.25) is 10.0 Å². The molecular formula is C14H13Cl2NO3S. The van der Waals surface area contributed by atoms with Gasteiger partial charge >= 0.3 is 0 Å². The number of halogens is 2. The van der Waals surface area contributed by atoms with E-state index < -0.39 is 10.0 Å². The van der Waals surface area contributed by atoms with Crippen LogP contribution in [0.1, 0.15) is 6.92 Å². The van der Waals surface area contributed by atoms with Gasteiger partial charge in [-0.05, 0) is 49.4 Å². The summed E-state index contributed by atoms with van der Waals surface area (Å²) in [5, 5.41) is 0.643. The molecule has 0 fully saturated rings. The van der Waals surface area contributed by atoms with E-state index in [1.807, 2.05) is 6.92 Å². The summed E-state index contributed by atoms with van der Waals surface area (Å²) >= 11 is 11.7. The fraction of sp³-hybridized carbons (Fsp3) is 0.143. The summed E-state index contributed by atoms with van der Waals surface area (Å²) < 4.78 is 32.2. The van der Waals surface area contributed by atoms with Gasteiger partial charge in [0.2, 0.25) is 0 Å². The third-order valence-corrected chi connectivity index (χ3v) is 4.75. The highest BCUT2D eigenvalue weighted by Crippen LogP contribution is 2.26. The molecule has 0 atom stereocenters. The lowest BCUT2D eigenvalue weighted by atomic mass is 10.3. The predicted octanol–water partition coefficient (Wildman–Crippen LogP) is 4.19. The number of nitrogens with one attached hydrogen (secondary N) is 1. The monoisotopic (exact) mass is 345 g/mol. The van der Waals surface area contributed by atoms with Gasteiger partial charge in [0.25, 0.3) is 10.0 Å². The quantitative estimate of drug-likeness (QED) is 0.883. The lowest BCUT2D eigenvalue weighted by molar-refractivity contribution is 0.340. The average Bonchev–Trinajstić information content (AvgIpc) is 2.44. The zero-order valence-electron chi connectivity index (χ0n) is 11.1. The molecule has 4 nitrogen and oxygen atoms in total. The molecule has 7 heteroatoms. The largest absolute Gasteiger partial charge is 0.494 e. The summed E-state index contributed by atoms with van der Waals surface area (Å²) in [6.45, 7) is 2.38. The van der Waals surface area contributed by atoms with Crippen LogP contribution in [-0.4, -0.2) is 15.0 Å². The van der Waals surface area contributed by atoms with Crippen molar-refractivity contribution in [1.82, 2.24) is 0 Å². The number of hydrogen-bond donors (Lipinski definition) is 1. The molecule has 2 rings (SSSR count). The molecule has 0 aromatic heterocycles. The highest BCUT2D eigenvalue weighted by atomic mass is 35.5. The topological polar surface area (TPSA) is 55.4 Å². The van der Waals surface area contributed by atoms with Crippen LogP contribution in [0.25, 0.3) is 0 Å². The maximum Gasteiger partial charge on any atom is 0.261 e. The molecule has 1 N–H and O–H groups in total. The van der Waals surface area contributed by atoms with Crippen LogP contribution in [0.3, 0.4) is 0 Å². The Hall–Kier alpha value is -1.43. The Labute approximate surface area is 133 Å². The highest BCUT2D eigenvalue weighted by molar-refractivity contribution is 7.92. The molecule has 2 aromatic carbocycles. The van der Waals surface area contributed by atoms with Gasteiger partial charge in [-0.3, -0.25) is 4.72 Å². The highest BCUT2D eigenvalue weighted by Gasteiger charge is 2.14. The molecule has 0 aliphatic rings. The normalized spacial score (nSPS) is 11.2. The molecule has 0 spiro atoms. The second kappa shape index (κ2) is 6.56. The Bertz CT molecular complexity index is 730. The van der Waals surface area contributed by atoms with Crippen molar-refractivity contribution in [3.05, 3.63) is 52.5 Å². The first-order chi connectivity index (χ1) is 9.92. The number of hydrogen-bond acceptors (Lipinski definition) is 3. The van der Waals surface area contributed by atoms with Gasteiger partial charge in [-0.2, -0.15) is 0 Å². The van der Waals surface area contributed by atoms with Gasteiger partial charge in [0.05, 0.1) is 27.2 Å². The van der Waals surface area contributed by atoms with E-state index in [4.69, 9.17) is 27.9 Å². The van der Waals surface area contributed by atoms with Crippen LogP contribution >= 0.6 is 23.2 Å². The third kappa shape index (κ3) is 4.03. The van der Waals surface area contributed by atoms with Gasteiger partial charge in [-0.1, -0.05) is 23.2 Å². The van der Waals surface area contributed by atoms with Crippen molar-refractivity contribution in [2.24, 2.45) is 0 Å². The summed E-state index contributed by atoms with van der Waals surface area (Å²) in [6, 6.07) is 10.7. The van der Waals surface area contributed by atoms with Gasteiger partial charge in [-0.25, -0.2) is 8.42 Å². The maximum atomic E-state index is 12.2. The molecule has 0 radical (unpaired) electrons. The summed E-state index contributed by atoms with van der Waals surface area (Å²) in [5.41, 5.74) is 0.346. The van der Waals surface area contributed by atoms with Crippen LogP contribution in [-0.2, 0) is 10.0 Å². The average molecular weight is 346 g/mol. The fourth-order valence-electron chi connectivity index (χ4n) is 1.66. The lowest BCUT2D eigenvalue weighted by Gasteiger charge is -2.09. The second-order valence-electron chi connectivity index (χ2n) is 4.14. The van der Waals surface area contributed by atoms with E-state index in [2.05, 4.69) is 4.72 Å². The molecule has 0 heterocycles. The molecule has 0 saturated carbocycles. The Kier molecular flexibility index (Phi) is 4.98. The zero-order valence-corrected chi connectivity index (χ0v) is 13.5. The van der Waals surface area contributed by atoms with Crippen LogP contribution in [0, 0.1) is 0 Å². The molecule has 2 aromatic rings. The van der Waals surface area contributed by atoms with E-state index >= 15 is 0 Å². The van der Waals surface area contributed by atoms with Crippen LogP contribution in [0.5, 0.6) is 5.75 Å². The van der Waals surface area contributed by atoms with Crippen molar-refractivity contribution in [2.45, 2.75) is 11.8 Å². The van der Waals surface area contributed by atoms with Gasteiger partial charge in [0, 0.05) is 0 Å². The first-order valence-electron chi connectivity index (χ1n) is 6.13. The molecule has 0 aliphatic heterocycles. The van der Waals surface area contributed by atoms with Crippen molar-refractivity contribution >= 4 is 38.9 Å². The Morgan fingerprint density at radius 3 is 2.29 bits per heavy atom. The van der Waals surface area contributed by atoms with Crippen LogP contribution in [0.15, 0.2) is 47.4 Å². The molecular weight excluding hydrogens is 333 g/mol. The van der Waals surface area contributed by atoms with Crippen molar-refractivity contribution < 1.29 is 13.2 Å². The van der Waals surface area contributed by atoms with Crippen molar-refractivity contribution in [3.63, 3.8) is 0 Å². The molecule has 0 bridgehead atoms. The van der Waals surface area contributed by atoms with Crippen molar-refractivity contribution in [3.8, 4) is 5.75 Å². The predicted molar refractivity (Wildman–Crippen MR) is 84.9 cm³/mol. The van der Waals surface area contributed by atoms with E-state index in [1.165, 1.54) is 24.3 Å². The third-order valence-electron chi connectivity index (χ3n) is 2.62.